The zero-order valence-corrected chi connectivity index (χ0v) is 13.0. The molecule has 6 heteroatoms. The van der Waals surface area contributed by atoms with Crippen LogP contribution in [0.25, 0.3) is 11.8 Å². The third kappa shape index (κ3) is 3.44. The van der Waals surface area contributed by atoms with E-state index in [9.17, 15) is 4.79 Å². The Kier molecular flexibility index (Phi) is 4.37. The van der Waals surface area contributed by atoms with Gasteiger partial charge in [-0.15, -0.1) is 11.3 Å². The number of rotatable bonds is 4. The van der Waals surface area contributed by atoms with Gasteiger partial charge in [-0.3, -0.25) is 4.79 Å². The maximum Gasteiger partial charge on any atom is 0.248 e. The van der Waals surface area contributed by atoms with Crippen LogP contribution in [0, 0.1) is 0 Å². The first kappa shape index (κ1) is 14.6. The van der Waals surface area contributed by atoms with Crippen molar-refractivity contribution in [3.63, 3.8) is 0 Å². The number of anilines is 1. The standard InChI is InChI=1S/C16H12ClN3OS/c17-12-3-4-13(14(11-12)20-8-1-2-9-20)19-15(21)5-6-16-18-7-10-22-16/h1-11H,(H,19,21)/b6-5+. The highest BCUT2D eigenvalue weighted by Crippen LogP contribution is 2.24. The van der Waals surface area contributed by atoms with Gasteiger partial charge >= 0.3 is 0 Å². The Bertz CT molecular complexity index is 795. The maximum atomic E-state index is 12.1. The third-order valence-corrected chi connectivity index (χ3v) is 3.90. The topological polar surface area (TPSA) is 46.9 Å². The SMILES string of the molecule is O=C(/C=C/c1nccs1)Nc1ccc(Cl)cc1-n1cccc1. The molecule has 0 atom stereocenters. The van der Waals surface area contributed by atoms with E-state index in [0.717, 1.165) is 10.7 Å². The second-order valence-electron chi connectivity index (χ2n) is 4.44. The van der Waals surface area contributed by atoms with Crippen LogP contribution in [0.2, 0.25) is 5.02 Å². The van der Waals surface area contributed by atoms with Crippen LogP contribution >= 0.6 is 22.9 Å². The number of hydrogen-bond acceptors (Lipinski definition) is 3. The van der Waals surface area contributed by atoms with Crippen LogP contribution in [0.5, 0.6) is 0 Å². The first-order valence-corrected chi connectivity index (χ1v) is 7.79. The summed E-state index contributed by atoms with van der Waals surface area (Å²) < 4.78 is 1.89. The van der Waals surface area contributed by atoms with Gasteiger partial charge in [0.25, 0.3) is 0 Å². The van der Waals surface area contributed by atoms with Gasteiger partial charge in [-0.1, -0.05) is 11.6 Å². The van der Waals surface area contributed by atoms with Crippen molar-refractivity contribution in [3.05, 3.63) is 70.4 Å². The summed E-state index contributed by atoms with van der Waals surface area (Å²) >= 11 is 7.53. The second kappa shape index (κ2) is 6.60. The van der Waals surface area contributed by atoms with Gasteiger partial charge < -0.3 is 9.88 Å². The minimum Gasteiger partial charge on any atom is -0.322 e. The summed E-state index contributed by atoms with van der Waals surface area (Å²) in [5.41, 5.74) is 1.50. The summed E-state index contributed by atoms with van der Waals surface area (Å²) in [4.78, 5) is 16.1. The van der Waals surface area contributed by atoms with Gasteiger partial charge in [-0.2, -0.15) is 0 Å². The van der Waals surface area contributed by atoms with Gasteiger partial charge in [0.15, 0.2) is 0 Å². The van der Waals surface area contributed by atoms with E-state index >= 15 is 0 Å². The summed E-state index contributed by atoms with van der Waals surface area (Å²) in [6, 6.07) is 9.16. The molecule has 0 aliphatic rings. The Balaban J connectivity index is 1.82. The lowest BCUT2D eigenvalue weighted by Gasteiger charge is -2.11. The number of aromatic nitrogens is 2. The van der Waals surface area contributed by atoms with Gasteiger partial charge in [0.05, 0.1) is 11.4 Å². The van der Waals surface area contributed by atoms with Gasteiger partial charge in [0.2, 0.25) is 5.91 Å². The van der Waals surface area contributed by atoms with Crippen LogP contribution in [0.3, 0.4) is 0 Å². The zero-order chi connectivity index (χ0) is 15.4. The number of thiazole rings is 1. The number of carbonyl (C=O) groups excluding carboxylic acids is 1. The fourth-order valence-electron chi connectivity index (χ4n) is 1.96. The lowest BCUT2D eigenvalue weighted by atomic mass is 10.2. The van der Waals surface area contributed by atoms with E-state index < -0.39 is 0 Å². The average Bonchev–Trinajstić information content (AvgIpc) is 3.20. The molecule has 0 radical (unpaired) electrons. The monoisotopic (exact) mass is 329 g/mol. The molecule has 1 aromatic carbocycles. The quantitative estimate of drug-likeness (QED) is 0.728. The number of benzene rings is 1. The molecule has 0 aliphatic carbocycles. The molecule has 2 aromatic heterocycles. The van der Waals surface area contributed by atoms with Crippen LogP contribution in [0.4, 0.5) is 5.69 Å². The first-order valence-electron chi connectivity index (χ1n) is 6.54. The van der Waals surface area contributed by atoms with Gasteiger partial charge in [-0.25, -0.2) is 4.98 Å². The number of nitrogens with one attached hydrogen (secondary N) is 1. The lowest BCUT2D eigenvalue weighted by Crippen LogP contribution is -2.10. The molecule has 22 heavy (non-hydrogen) atoms. The maximum absolute atomic E-state index is 12.1. The zero-order valence-electron chi connectivity index (χ0n) is 11.4. The van der Waals surface area contributed by atoms with Crippen molar-refractivity contribution in [1.82, 2.24) is 9.55 Å². The normalized spacial score (nSPS) is 11.0. The van der Waals surface area contributed by atoms with Crippen molar-refractivity contribution < 1.29 is 4.79 Å². The molecule has 0 spiro atoms. The van der Waals surface area contributed by atoms with E-state index in [1.807, 2.05) is 40.5 Å². The van der Waals surface area contributed by atoms with Gasteiger partial charge in [0, 0.05) is 35.1 Å². The van der Waals surface area contributed by atoms with Crippen molar-refractivity contribution in [2.75, 3.05) is 5.32 Å². The number of nitrogens with zero attached hydrogens (tertiary/aromatic N) is 2. The van der Waals surface area contributed by atoms with E-state index in [1.165, 1.54) is 17.4 Å². The molecule has 110 valence electrons. The molecule has 1 amide bonds. The fourth-order valence-corrected chi connectivity index (χ4v) is 2.65. The summed E-state index contributed by atoms with van der Waals surface area (Å²) in [7, 11) is 0. The first-order chi connectivity index (χ1) is 10.7. The summed E-state index contributed by atoms with van der Waals surface area (Å²) in [5.74, 6) is -0.217. The molecule has 0 saturated heterocycles. The van der Waals surface area contributed by atoms with Crippen LogP contribution in [0.15, 0.2) is 60.4 Å². The molecule has 0 unspecified atom stereocenters. The lowest BCUT2D eigenvalue weighted by molar-refractivity contribution is -0.111. The number of halogens is 1. The van der Waals surface area contributed by atoms with E-state index in [4.69, 9.17) is 11.6 Å². The minimum atomic E-state index is -0.217. The number of hydrogen-bond donors (Lipinski definition) is 1. The van der Waals surface area contributed by atoms with Crippen LogP contribution in [-0.4, -0.2) is 15.5 Å². The van der Waals surface area contributed by atoms with Crippen molar-refractivity contribution in [3.8, 4) is 5.69 Å². The van der Waals surface area contributed by atoms with Crippen molar-refractivity contribution in [1.29, 1.82) is 0 Å². The highest BCUT2D eigenvalue weighted by atomic mass is 35.5. The van der Waals surface area contributed by atoms with E-state index in [-0.39, 0.29) is 5.91 Å². The molecule has 2 heterocycles. The Morgan fingerprint density at radius 3 is 2.86 bits per heavy atom. The molecule has 3 rings (SSSR count). The smallest absolute Gasteiger partial charge is 0.248 e. The molecule has 0 saturated carbocycles. The number of carbonyl (C=O) groups is 1. The molecular weight excluding hydrogens is 318 g/mol. The summed E-state index contributed by atoms with van der Waals surface area (Å²) in [6.45, 7) is 0. The van der Waals surface area contributed by atoms with Crippen molar-refractivity contribution in [2.24, 2.45) is 0 Å². The van der Waals surface area contributed by atoms with Crippen molar-refractivity contribution >= 4 is 40.6 Å². The minimum absolute atomic E-state index is 0.217. The Hall–Kier alpha value is -2.37. The molecular formula is C16H12ClN3OS. The molecule has 4 nitrogen and oxygen atoms in total. The van der Waals surface area contributed by atoms with E-state index in [0.29, 0.717) is 10.7 Å². The van der Waals surface area contributed by atoms with E-state index in [1.54, 1.807) is 24.4 Å². The van der Waals surface area contributed by atoms with Crippen LogP contribution in [-0.2, 0) is 4.79 Å². The van der Waals surface area contributed by atoms with Gasteiger partial charge in [-0.05, 0) is 36.4 Å². The third-order valence-electron chi connectivity index (χ3n) is 2.93. The molecule has 0 aliphatic heterocycles. The summed E-state index contributed by atoms with van der Waals surface area (Å²) in [6.07, 6.45) is 8.64. The number of amides is 1. The highest BCUT2D eigenvalue weighted by Gasteiger charge is 2.07. The molecule has 1 N–H and O–H groups in total. The molecule has 0 fully saturated rings. The predicted octanol–water partition coefficient (Wildman–Crippen LogP) is 4.24. The second-order valence-corrected chi connectivity index (χ2v) is 5.81. The largest absolute Gasteiger partial charge is 0.322 e. The van der Waals surface area contributed by atoms with E-state index in [2.05, 4.69) is 10.3 Å². The Morgan fingerprint density at radius 2 is 2.14 bits per heavy atom. The highest BCUT2D eigenvalue weighted by molar-refractivity contribution is 7.10. The average molecular weight is 330 g/mol. The Morgan fingerprint density at radius 1 is 1.32 bits per heavy atom. The molecule has 0 bridgehead atoms. The van der Waals surface area contributed by atoms with Gasteiger partial charge in [0.1, 0.15) is 5.01 Å². The predicted molar refractivity (Wildman–Crippen MR) is 90.6 cm³/mol. The molecule has 3 aromatic rings. The Labute approximate surface area is 136 Å². The van der Waals surface area contributed by atoms with Crippen molar-refractivity contribution in [2.45, 2.75) is 0 Å². The van der Waals surface area contributed by atoms with Crippen LogP contribution < -0.4 is 5.32 Å². The fraction of sp³-hybridized carbons (Fsp3) is 0. The van der Waals surface area contributed by atoms with Crippen LogP contribution in [0.1, 0.15) is 5.01 Å². The summed E-state index contributed by atoms with van der Waals surface area (Å²) in [5, 5.41) is 6.12.